The molecule has 1 aromatic rings. The second kappa shape index (κ2) is 3.80. The molecule has 2 heteroatoms. The number of benzene rings is 1. The summed E-state index contributed by atoms with van der Waals surface area (Å²) in [7, 11) is 0. The summed E-state index contributed by atoms with van der Waals surface area (Å²) in [5.41, 5.74) is 1.43. The lowest BCUT2D eigenvalue weighted by atomic mass is 9.86. The maximum absolute atomic E-state index is 6.04. The fourth-order valence-electron chi connectivity index (χ4n) is 3.09. The predicted octanol–water partition coefficient (Wildman–Crippen LogP) is 3.34. The van der Waals surface area contributed by atoms with Crippen LogP contribution in [0.25, 0.3) is 0 Å². The van der Waals surface area contributed by atoms with Gasteiger partial charge in [0.1, 0.15) is 0 Å². The molecule has 1 nitrogen and oxygen atoms in total. The van der Waals surface area contributed by atoms with E-state index in [4.69, 9.17) is 11.6 Å². The second-order valence-corrected chi connectivity index (χ2v) is 5.30. The standard InChI is InChI=1S/C13H16ClN/c14-11-3-1-2-9(6-11)10-7-12-4-5-13(8-10)15-12/h1-3,6,10,12-13,15H,4-5,7-8H2/t10?,12-,13+. The van der Waals surface area contributed by atoms with Gasteiger partial charge in [-0.2, -0.15) is 0 Å². The summed E-state index contributed by atoms with van der Waals surface area (Å²) in [5, 5.41) is 4.55. The van der Waals surface area contributed by atoms with E-state index >= 15 is 0 Å². The summed E-state index contributed by atoms with van der Waals surface area (Å²) in [5.74, 6) is 0.724. The first-order valence-corrected chi connectivity index (χ1v) is 6.20. The van der Waals surface area contributed by atoms with Gasteiger partial charge in [0.25, 0.3) is 0 Å². The number of fused-ring (bicyclic) bond motifs is 2. The van der Waals surface area contributed by atoms with Crippen LogP contribution < -0.4 is 5.32 Å². The number of nitrogens with one attached hydrogen (secondary N) is 1. The topological polar surface area (TPSA) is 12.0 Å². The van der Waals surface area contributed by atoms with Crippen LogP contribution in [0.3, 0.4) is 0 Å². The smallest absolute Gasteiger partial charge is 0.0408 e. The molecule has 2 saturated heterocycles. The SMILES string of the molecule is Clc1cccc(C2C[C@H]3CC[C@@H](C2)N3)c1. The molecule has 1 N–H and O–H groups in total. The van der Waals surface area contributed by atoms with Crippen molar-refractivity contribution >= 4 is 11.6 Å². The van der Waals surface area contributed by atoms with E-state index in [9.17, 15) is 0 Å². The molecule has 80 valence electrons. The lowest BCUT2D eigenvalue weighted by molar-refractivity contribution is 0.363. The molecule has 2 bridgehead atoms. The van der Waals surface area contributed by atoms with Crippen molar-refractivity contribution in [2.75, 3.05) is 0 Å². The van der Waals surface area contributed by atoms with Crippen LogP contribution in [-0.2, 0) is 0 Å². The van der Waals surface area contributed by atoms with Crippen LogP contribution in [0.2, 0.25) is 5.02 Å². The maximum atomic E-state index is 6.04. The zero-order valence-electron chi connectivity index (χ0n) is 8.75. The first-order valence-electron chi connectivity index (χ1n) is 5.83. The van der Waals surface area contributed by atoms with Gasteiger partial charge in [-0.1, -0.05) is 23.7 Å². The first-order chi connectivity index (χ1) is 7.31. The van der Waals surface area contributed by atoms with Gasteiger partial charge in [0.05, 0.1) is 0 Å². The van der Waals surface area contributed by atoms with Gasteiger partial charge >= 0.3 is 0 Å². The van der Waals surface area contributed by atoms with Gasteiger partial charge in [0.15, 0.2) is 0 Å². The highest BCUT2D eigenvalue weighted by molar-refractivity contribution is 6.30. The molecular formula is C13H16ClN. The molecule has 2 fully saturated rings. The summed E-state index contributed by atoms with van der Waals surface area (Å²) in [6.45, 7) is 0. The quantitative estimate of drug-likeness (QED) is 0.767. The minimum absolute atomic E-state index is 0.724. The Morgan fingerprint density at radius 2 is 1.87 bits per heavy atom. The molecule has 2 heterocycles. The molecule has 0 aliphatic carbocycles. The van der Waals surface area contributed by atoms with Crippen LogP contribution in [0.15, 0.2) is 24.3 Å². The van der Waals surface area contributed by atoms with E-state index in [0.717, 1.165) is 23.0 Å². The average Bonchev–Trinajstić information content (AvgIpc) is 2.58. The summed E-state index contributed by atoms with van der Waals surface area (Å²) >= 11 is 6.04. The van der Waals surface area contributed by atoms with Crippen molar-refractivity contribution in [1.82, 2.24) is 5.32 Å². The molecular weight excluding hydrogens is 206 g/mol. The van der Waals surface area contributed by atoms with Crippen molar-refractivity contribution in [1.29, 1.82) is 0 Å². The van der Waals surface area contributed by atoms with E-state index in [1.165, 1.54) is 31.2 Å². The van der Waals surface area contributed by atoms with Crippen molar-refractivity contribution < 1.29 is 0 Å². The Labute approximate surface area is 95.8 Å². The van der Waals surface area contributed by atoms with Crippen LogP contribution in [0.1, 0.15) is 37.2 Å². The van der Waals surface area contributed by atoms with Crippen molar-refractivity contribution in [2.24, 2.45) is 0 Å². The first kappa shape index (κ1) is 9.68. The highest BCUT2D eigenvalue weighted by Gasteiger charge is 2.33. The summed E-state index contributed by atoms with van der Waals surface area (Å²) in [6.07, 6.45) is 5.30. The largest absolute Gasteiger partial charge is 0.311 e. The fraction of sp³-hybridized carbons (Fsp3) is 0.538. The zero-order chi connectivity index (χ0) is 10.3. The summed E-state index contributed by atoms with van der Waals surface area (Å²) in [6, 6.07) is 9.90. The zero-order valence-corrected chi connectivity index (χ0v) is 9.50. The molecule has 1 unspecified atom stereocenters. The third-order valence-corrected chi connectivity index (χ3v) is 4.03. The van der Waals surface area contributed by atoms with Gasteiger partial charge in [0.2, 0.25) is 0 Å². The monoisotopic (exact) mass is 221 g/mol. The van der Waals surface area contributed by atoms with E-state index in [2.05, 4.69) is 23.5 Å². The van der Waals surface area contributed by atoms with E-state index in [-0.39, 0.29) is 0 Å². The van der Waals surface area contributed by atoms with Crippen LogP contribution in [0, 0.1) is 0 Å². The molecule has 0 spiro atoms. The molecule has 0 amide bonds. The van der Waals surface area contributed by atoms with Crippen molar-refractivity contribution in [3.05, 3.63) is 34.9 Å². The lowest BCUT2D eigenvalue weighted by Crippen LogP contribution is -2.37. The molecule has 2 aliphatic heterocycles. The molecule has 15 heavy (non-hydrogen) atoms. The van der Waals surface area contributed by atoms with Gasteiger partial charge < -0.3 is 5.32 Å². The Bertz CT molecular complexity index is 351. The van der Waals surface area contributed by atoms with Gasteiger partial charge in [-0.3, -0.25) is 0 Å². The third-order valence-electron chi connectivity index (χ3n) is 3.79. The minimum atomic E-state index is 0.724. The molecule has 0 radical (unpaired) electrons. The normalized spacial score (nSPS) is 34.3. The number of hydrogen-bond acceptors (Lipinski definition) is 1. The van der Waals surface area contributed by atoms with E-state index in [0.29, 0.717) is 0 Å². The Morgan fingerprint density at radius 3 is 2.53 bits per heavy atom. The molecule has 2 aliphatic rings. The van der Waals surface area contributed by atoms with Gasteiger partial charge in [0, 0.05) is 17.1 Å². The maximum Gasteiger partial charge on any atom is 0.0408 e. The van der Waals surface area contributed by atoms with Gasteiger partial charge in [-0.15, -0.1) is 0 Å². The number of hydrogen-bond donors (Lipinski definition) is 1. The Balaban J connectivity index is 1.83. The van der Waals surface area contributed by atoms with Gasteiger partial charge in [-0.25, -0.2) is 0 Å². The van der Waals surface area contributed by atoms with Crippen LogP contribution in [0.5, 0.6) is 0 Å². The van der Waals surface area contributed by atoms with E-state index < -0.39 is 0 Å². The summed E-state index contributed by atoms with van der Waals surface area (Å²) in [4.78, 5) is 0. The predicted molar refractivity (Wildman–Crippen MR) is 63.4 cm³/mol. The van der Waals surface area contributed by atoms with Crippen molar-refractivity contribution in [3.63, 3.8) is 0 Å². The number of piperidine rings is 1. The molecule has 0 saturated carbocycles. The Hall–Kier alpha value is -0.530. The van der Waals surface area contributed by atoms with Gasteiger partial charge in [-0.05, 0) is 49.3 Å². The van der Waals surface area contributed by atoms with Crippen molar-refractivity contribution in [3.8, 4) is 0 Å². The number of rotatable bonds is 1. The van der Waals surface area contributed by atoms with E-state index in [1.807, 2.05) is 6.07 Å². The van der Waals surface area contributed by atoms with Crippen LogP contribution in [-0.4, -0.2) is 12.1 Å². The minimum Gasteiger partial charge on any atom is -0.311 e. The van der Waals surface area contributed by atoms with E-state index in [1.54, 1.807) is 0 Å². The second-order valence-electron chi connectivity index (χ2n) is 4.86. The lowest BCUT2D eigenvalue weighted by Gasteiger charge is -2.29. The van der Waals surface area contributed by atoms with Crippen LogP contribution in [0.4, 0.5) is 0 Å². The summed E-state index contributed by atoms with van der Waals surface area (Å²) < 4.78 is 0. The Morgan fingerprint density at radius 1 is 1.13 bits per heavy atom. The molecule has 0 aromatic heterocycles. The molecule has 3 atom stereocenters. The van der Waals surface area contributed by atoms with Crippen molar-refractivity contribution in [2.45, 2.75) is 43.7 Å². The average molecular weight is 222 g/mol. The number of halogens is 1. The Kier molecular flexibility index (Phi) is 2.45. The molecule has 1 aromatic carbocycles. The highest BCUT2D eigenvalue weighted by atomic mass is 35.5. The fourth-order valence-corrected chi connectivity index (χ4v) is 3.29. The highest BCUT2D eigenvalue weighted by Crippen LogP contribution is 2.37. The van der Waals surface area contributed by atoms with Crippen LogP contribution >= 0.6 is 11.6 Å². The third kappa shape index (κ3) is 1.91. The molecule has 3 rings (SSSR count).